The molecule has 2 nitrogen and oxygen atoms in total. The molecule has 0 N–H and O–H groups in total. The normalized spacial score (nSPS) is 9.55. The highest BCUT2D eigenvalue weighted by atomic mass is 32.1. The second-order valence-electron chi connectivity index (χ2n) is 2.18. The predicted molar refractivity (Wildman–Crippen MR) is 46.0 cm³/mol. The zero-order valence-corrected chi connectivity index (χ0v) is 7.15. The lowest BCUT2D eigenvalue weighted by Crippen LogP contribution is -1.95. The molecular formula is C8H9NOS. The molecule has 0 fully saturated rings. The molecule has 0 aliphatic rings. The molecule has 0 saturated carbocycles. The molecule has 0 bridgehead atoms. The number of rotatable bonds is 3. The van der Waals surface area contributed by atoms with E-state index in [1.165, 1.54) is 11.3 Å². The van der Waals surface area contributed by atoms with Gasteiger partial charge in [0.1, 0.15) is 0 Å². The minimum atomic E-state index is 0.111. The molecule has 1 aromatic heterocycles. The largest absolute Gasteiger partial charge is 0.293 e. The fourth-order valence-corrected chi connectivity index (χ4v) is 1.55. The van der Waals surface area contributed by atoms with Crippen molar-refractivity contribution in [1.29, 1.82) is 0 Å². The van der Waals surface area contributed by atoms with Crippen LogP contribution in [0.1, 0.15) is 21.8 Å². The molecule has 1 rings (SSSR count). The highest BCUT2D eigenvalue weighted by Crippen LogP contribution is 2.14. The molecule has 58 valence electrons. The molecule has 0 atom stereocenters. The molecule has 1 heterocycles. The highest BCUT2D eigenvalue weighted by Gasteiger charge is 2.08. The molecule has 0 aromatic carbocycles. The Hall–Kier alpha value is -0.960. The van der Waals surface area contributed by atoms with Gasteiger partial charge < -0.3 is 0 Å². The van der Waals surface area contributed by atoms with Crippen LogP contribution in [0.2, 0.25) is 0 Å². The van der Waals surface area contributed by atoms with Crippen LogP contribution in [0.3, 0.4) is 0 Å². The molecule has 0 aliphatic heterocycles. The molecule has 0 spiro atoms. The average molecular weight is 167 g/mol. The first kappa shape index (κ1) is 8.14. The van der Waals surface area contributed by atoms with Crippen LogP contribution < -0.4 is 0 Å². The lowest BCUT2D eigenvalue weighted by molar-refractivity contribution is 0.0999. The van der Waals surface area contributed by atoms with Crippen LogP contribution in [-0.2, 0) is 0 Å². The number of ketones is 1. The summed E-state index contributed by atoms with van der Waals surface area (Å²) in [5.41, 5.74) is 2.51. The summed E-state index contributed by atoms with van der Waals surface area (Å²) in [5.74, 6) is 0.111. The van der Waals surface area contributed by atoms with Gasteiger partial charge in [-0.15, -0.1) is 17.9 Å². The van der Waals surface area contributed by atoms with E-state index in [1.807, 2.05) is 6.92 Å². The number of Topliss-reactive ketones (excluding diaryl/α,β-unsaturated/α-hetero) is 1. The fraction of sp³-hybridized carbons (Fsp3) is 0.250. The third kappa shape index (κ3) is 1.74. The van der Waals surface area contributed by atoms with Crippen LogP contribution >= 0.6 is 11.3 Å². The van der Waals surface area contributed by atoms with E-state index in [2.05, 4.69) is 11.6 Å². The quantitative estimate of drug-likeness (QED) is 0.510. The van der Waals surface area contributed by atoms with Gasteiger partial charge in [-0.2, -0.15) is 0 Å². The smallest absolute Gasteiger partial charge is 0.178 e. The van der Waals surface area contributed by atoms with Crippen molar-refractivity contribution >= 4 is 17.1 Å². The van der Waals surface area contributed by atoms with Crippen molar-refractivity contribution in [2.24, 2.45) is 0 Å². The first-order chi connectivity index (χ1) is 5.25. The molecule has 0 aliphatic carbocycles. The lowest BCUT2D eigenvalue weighted by atomic mass is 10.2. The van der Waals surface area contributed by atoms with E-state index in [9.17, 15) is 4.79 Å². The number of hydrogen-bond donors (Lipinski definition) is 0. The third-order valence-corrected chi connectivity index (χ3v) is 2.30. The van der Waals surface area contributed by atoms with Crippen molar-refractivity contribution in [1.82, 2.24) is 4.98 Å². The van der Waals surface area contributed by atoms with Crippen LogP contribution in [0.5, 0.6) is 0 Å². The van der Waals surface area contributed by atoms with Gasteiger partial charge in [0.15, 0.2) is 5.78 Å². The van der Waals surface area contributed by atoms with Crippen molar-refractivity contribution in [2.45, 2.75) is 13.3 Å². The first-order valence-corrected chi connectivity index (χ1v) is 4.18. The van der Waals surface area contributed by atoms with Crippen LogP contribution in [0, 0.1) is 6.92 Å². The number of thiazole rings is 1. The van der Waals surface area contributed by atoms with E-state index in [4.69, 9.17) is 0 Å². The molecule has 0 unspecified atom stereocenters. The Morgan fingerprint density at radius 1 is 1.91 bits per heavy atom. The number of carbonyl (C=O) groups is 1. The van der Waals surface area contributed by atoms with Gasteiger partial charge in [-0.3, -0.25) is 4.79 Å². The van der Waals surface area contributed by atoms with E-state index in [1.54, 1.807) is 11.6 Å². The van der Waals surface area contributed by atoms with Gasteiger partial charge in [0, 0.05) is 6.42 Å². The zero-order chi connectivity index (χ0) is 8.27. The summed E-state index contributed by atoms with van der Waals surface area (Å²) in [6, 6.07) is 0. The summed E-state index contributed by atoms with van der Waals surface area (Å²) in [6.07, 6.45) is 2.02. The van der Waals surface area contributed by atoms with Crippen molar-refractivity contribution in [2.75, 3.05) is 0 Å². The maximum atomic E-state index is 11.2. The Morgan fingerprint density at radius 2 is 2.64 bits per heavy atom. The Balaban J connectivity index is 2.83. The average Bonchev–Trinajstić information content (AvgIpc) is 2.36. The van der Waals surface area contributed by atoms with Gasteiger partial charge in [0.05, 0.1) is 16.1 Å². The van der Waals surface area contributed by atoms with Gasteiger partial charge >= 0.3 is 0 Å². The Kier molecular flexibility index (Phi) is 2.54. The first-order valence-electron chi connectivity index (χ1n) is 3.30. The zero-order valence-electron chi connectivity index (χ0n) is 6.33. The van der Waals surface area contributed by atoms with Crippen molar-refractivity contribution in [3.63, 3.8) is 0 Å². The third-order valence-electron chi connectivity index (χ3n) is 1.33. The lowest BCUT2D eigenvalue weighted by Gasteiger charge is -1.91. The number of aryl methyl sites for hydroxylation is 1. The standard InChI is InChI=1S/C8H9NOS/c1-3-4-7(10)8-6(2)9-5-11-8/h3,5H,1,4H2,2H3. The second kappa shape index (κ2) is 3.44. The molecule has 1 aromatic rings. The van der Waals surface area contributed by atoms with E-state index in [-0.39, 0.29) is 5.78 Å². The summed E-state index contributed by atoms with van der Waals surface area (Å²) in [5, 5.41) is 0. The fourth-order valence-electron chi connectivity index (χ4n) is 0.793. The van der Waals surface area contributed by atoms with Gasteiger partial charge in [0.2, 0.25) is 0 Å². The maximum Gasteiger partial charge on any atom is 0.178 e. The SMILES string of the molecule is C=CCC(=O)c1scnc1C. The summed E-state index contributed by atoms with van der Waals surface area (Å²) in [4.78, 5) is 16.0. The number of nitrogens with zero attached hydrogens (tertiary/aromatic N) is 1. The Labute approximate surface area is 69.6 Å². The van der Waals surface area contributed by atoms with Crippen LogP contribution in [0.4, 0.5) is 0 Å². The second-order valence-corrected chi connectivity index (χ2v) is 3.04. The summed E-state index contributed by atoms with van der Waals surface area (Å²) >= 11 is 1.39. The molecule has 0 radical (unpaired) electrons. The topological polar surface area (TPSA) is 30.0 Å². The number of hydrogen-bond acceptors (Lipinski definition) is 3. The van der Waals surface area contributed by atoms with Gasteiger partial charge in [0.25, 0.3) is 0 Å². The molecule has 3 heteroatoms. The summed E-state index contributed by atoms with van der Waals surface area (Å²) in [7, 11) is 0. The van der Waals surface area contributed by atoms with E-state index >= 15 is 0 Å². The maximum absolute atomic E-state index is 11.2. The van der Waals surface area contributed by atoms with Gasteiger partial charge in [-0.25, -0.2) is 4.98 Å². The van der Waals surface area contributed by atoms with E-state index < -0.39 is 0 Å². The van der Waals surface area contributed by atoms with Crippen molar-refractivity contribution in [3.8, 4) is 0 Å². The molecule has 0 amide bonds. The summed E-state index contributed by atoms with van der Waals surface area (Å²) < 4.78 is 0. The number of carbonyl (C=O) groups excluding carboxylic acids is 1. The molecule has 11 heavy (non-hydrogen) atoms. The minimum Gasteiger partial charge on any atom is -0.293 e. The van der Waals surface area contributed by atoms with Gasteiger partial charge in [-0.05, 0) is 6.92 Å². The minimum absolute atomic E-state index is 0.111. The van der Waals surface area contributed by atoms with Crippen molar-refractivity contribution < 1.29 is 4.79 Å². The van der Waals surface area contributed by atoms with Crippen molar-refractivity contribution in [3.05, 3.63) is 28.7 Å². The number of allylic oxidation sites excluding steroid dienone is 1. The van der Waals surface area contributed by atoms with Crippen LogP contribution in [0.25, 0.3) is 0 Å². The number of aromatic nitrogens is 1. The Bertz CT molecular complexity index is 277. The highest BCUT2D eigenvalue weighted by molar-refractivity contribution is 7.11. The predicted octanol–water partition coefficient (Wildman–Crippen LogP) is 2.21. The Morgan fingerprint density at radius 3 is 3.09 bits per heavy atom. The van der Waals surface area contributed by atoms with E-state index in [0.29, 0.717) is 6.42 Å². The monoisotopic (exact) mass is 167 g/mol. The van der Waals surface area contributed by atoms with Gasteiger partial charge in [-0.1, -0.05) is 6.08 Å². The molecule has 0 saturated heterocycles. The summed E-state index contributed by atoms with van der Waals surface area (Å²) in [6.45, 7) is 5.34. The van der Waals surface area contributed by atoms with Crippen LogP contribution in [0.15, 0.2) is 18.2 Å². The van der Waals surface area contributed by atoms with Crippen LogP contribution in [-0.4, -0.2) is 10.8 Å². The molecular weight excluding hydrogens is 158 g/mol. The van der Waals surface area contributed by atoms with E-state index in [0.717, 1.165) is 10.6 Å².